The average molecular weight is 592 g/mol. The largest absolute Gasteiger partial charge is 0.478 e. The lowest BCUT2D eigenvalue weighted by atomic mass is 9.66. The van der Waals surface area contributed by atoms with Gasteiger partial charge in [0.15, 0.2) is 0 Å². The molecule has 2 aliphatic carbocycles. The molecule has 0 bridgehead atoms. The van der Waals surface area contributed by atoms with Crippen molar-refractivity contribution in [2.75, 3.05) is 6.54 Å². The topological polar surface area (TPSA) is 95.5 Å². The van der Waals surface area contributed by atoms with E-state index in [1.54, 1.807) is 12.3 Å². The Morgan fingerprint density at radius 2 is 1.77 bits per heavy atom. The lowest BCUT2D eigenvalue weighted by molar-refractivity contribution is -0.174. The summed E-state index contributed by atoms with van der Waals surface area (Å²) in [6, 6.07) is 20.2. The minimum Gasteiger partial charge on any atom is -0.478 e. The van der Waals surface area contributed by atoms with Gasteiger partial charge in [0.25, 0.3) is 0 Å². The molecule has 0 radical (unpaired) electrons. The molecule has 7 rings (SSSR count). The average Bonchev–Trinajstić information content (AvgIpc) is 3.68. The smallest absolute Gasteiger partial charge is 0.339 e. The molecule has 4 aromatic rings. The van der Waals surface area contributed by atoms with Gasteiger partial charge in [-0.25, -0.2) is 9.78 Å². The fraction of sp³-hybridized carbons (Fsp3) is 0.432. The molecule has 3 aliphatic rings. The summed E-state index contributed by atoms with van der Waals surface area (Å²) in [5.74, 6) is 1.43. The monoisotopic (exact) mass is 591 g/mol. The van der Waals surface area contributed by atoms with Crippen LogP contribution in [0.25, 0.3) is 11.0 Å². The molecule has 1 spiro atoms. The van der Waals surface area contributed by atoms with Gasteiger partial charge >= 0.3 is 5.97 Å². The van der Waals surface area contributed by atoms with E-state index in [1.165, 1.54) is 44.1 Å². The number of aryl methyl sites for hydroxylation is 1. The molecule has 3 atom stereocenters. The minimum absolute atomic E-state index is 0.147. The van der Waals surface area contributed by atoms with Gasteiger partial charge in [-0.15, -0.1) is 0 Å². The number of aromatic amines is 1. The van der Waals surface area contributed by atoms with Crippen LogP contribution in [0.2, 0.25) is 0 Å². The third-order valence-corrected chi connectivity index (χ3v) is 10.5. The first-order valence-electron chi connectivity index (χ1n) is 16.3. The summed E-state index contributed by atoms with van der Waals surface area (Å²) in [5, 5.41) is 10.7. The fourth-order valence-corrected chi connectivity index (χ4v) is 8.23. The number of β-lactam (4-membered cyclic amide) rings is 1. The molecule has 1 aliphatic heterocycles. The van der Waals surface area contributed by atoms with Crippen molar-refractivity contribution in [2.24, 2.45) is 17.3 Å². The van der Waals surface area contributed by atoms with E-state index in [0.717, 1.165) is 55.2 Å². The lowest BCUT2D eigenvalue weighted by Gasteiger charge is -2.56. The Morgan fingerprint density at radius 1 is 0.977 bits per heavy atom. The van der Waals surface area contributed by atoms with Gasteiger partial charge in [-0.3, -0.25) is 4.79 Å². The van der Waals surface area contributed by atoms with Crippen molar-refractivity contribution in [1.82, 2.24) is 14.9 Å². The SMILES string of the molecule is O=C(O)c1ccc(CCC2CCCC(CN3C(=O)C4(CCCC4)C3c3ccccc3)CC2)cc1Oc1cnc2[nH]ccc2c1. The maximum absolute atomic E-state index is 13.6. The second-order valence-electron chi connectivity index (χ2n) is 13.2. The summed E-state index contributed by atoms with van der Waals surface area (Å²) in [6.07, 6.45) is 15.7. The molecule has 3 heterocycles. The first-order chi connectivity index (χ1) is 21.5. The quantitative estimate of drug-likeness (QED) is 0.151. The zero-order valence-electron chi connectivity index (χ0n) is 25.2. The molecule has 228 valence electrons. The normalized spacial score (nSPS) is 23.0. The van der Waals surface area contributed by atoms with Crippen LogP contribution in [0.3, 0.4) is 0 Å². The number of carbonyl (C=O) groups excluding carboxylic acids is 1. The fourth-order valence-electron chi connectivity index (χ4n) is 8.23. The number of ether oxygens (including phenoxy) is 1. The second-order valence-corrected chi connectivity index (χ2v) is 13.2. The molecule has 7 nitrogen and oxygen atoms in total. The highest BCUT2D eigenvalue weighted by atomic mass is 16.5. The number of hydrogen-bond acceptors (Lipinski definition) is 4. The molecule has 1 saturated heterocycles. The van der Waals surface area contributed by atoms with Crippen molar-refractivity contribution in [3.8, 4) is 11.5 Å². The lowest BCUT2D eigenvalue weighted by Crippen LogP contribution is -2.63. The molecular weight excluding hydrogens is 550 g/mol. The zero-order valence-corrected chi connectivity index (χ0v) is 25.2. The van der Waals surface area contributed by atoms with Crippen LogP contribution in [0.5, 0.6) is 11.5 Å². The number of nitrogens with one attached hydrogen (secondary N) is 1. The van der Waals surface area contributed by atoms with E-state index in [2.05, 4.69) is 45.2 Å². The number of nitrogens with zero attached hydrogens (tertiary/aromatic N) is 2. The third-order valence-electron chi connectivity index (χ3n) is 10.5. The van der Waals surface area contributed by atoms with Crippen molar-refractivity contribution in [1.29, 1.82) is 0 Å². The number of fused-ring (bicyclic) bond motifs is 1. The van der Waals surface area contributed by atoms with Gasteiger partial charge in [0.1, 0.15) is 22.7 Å². The first-order valence-corrected chi connectivity index (χ1v) is 16.3. The molecule has 2 saturated carbocycles. The number of likely N-dealkylation sites (tertiary alicyclic amines) is 1. The number of aromatic nitrogens is 2. The van der Waals surface area contributed by atoms with Crippen LogP contribution >= 0.6 is 0 Å². The van der Waals surface area contributed by atoms with Gasteiger partial charge in [0, 0.05) is 18.1 Å². The number of carboxylic acids is 1. The molecule has 2 aromatic carbocycles. The van der Waals surface area contributed by atoms with E-state index in [1.807, 2.05) is 30.5 Å². The summed E-state index contributed by atoms with van der Waals surface area (Å²) in [4.78, 5) is 35.2. The Morgan fingerprint density at radius 3 is 2.59 bits per heavy atom. The van der Waals surface area contributed by atoms with Crippen LogP contribution in [0, 0.1) is 17.3 Å². The number of carbonyl (C=O) groups is 2. The summed E-state index contributed by atoms with van der Waals surface area (Å²) in [6.45, 7) is 0.883. The van der Waals surface area contributed by atoms with Crippen LogP contribution in [0.15, 0.2) is 73.1 Å². The van der Waals surface area contributed by atoms with E-state index in [4.69, 9.17) is 4.74 Å². The Balaban J connectivity index is 0.975. The Hall–Kier alpha value is -4.13. The highest BCUT2D eigenvalue weighted by Gasteiger charge is 2.61. The van der Waals surface area contributed by atoms with E-state index >= 15 is 0 Å². The number of rotatable bonds is 9. The van der Waals surface area contributed by atoms with Crippen LogP contribution < -0.4 is 4.74 Å². The number of H-pyrrole nitrogens is 1. The van der Waals surface area contributed by atoms with Gasteiger partial charge in [-0.05, 0) is 85.8 Å². The predicted molar refractivity (Wildman–Crippen MR) is 170 cm³/mol. The molecule has 7 heteroatoms. The highest BCUT2D eigenvalue weighted by Crippen LogP contribution is 2.59. The Kier molecular flexibility index (Phi) is 7.87. The molecule has 2 N–H and O–H groups in total. The highest BCUT2D eigenvalue weighted by molar-refractivity contribution is 5.91. The van der Waals surface area contributed by atoms with Gasteiger partial charge in [0.2, 0.25) is 5.91 Å². The Labute approximate surface area is 258 Å². The molecule has 2 aromatic heterocycles. The van der Waals surface area contributed by atoms with Crippen molar-refractivity contribution < 1.29 is 19.4 Å². The number of hydrogen-bond donors (Lipinski definition) is 2. The third kappa shape index (κ3) is 5.49. The first kappa shape index (κ1) is 28.6. The molecule has 1 amide bonds. The molecule has 44 heavy (non-hydrogen) atoms. The van der Waals surface area contributed by atoms with E-state index in [9.17, 15) is 14.7 Å². The van der Waals surface area contributed by atoms with Gasteiger partial charge < -0.3 is 19.7 Å². The number of pyridine rings is 1. The van der Waals surface area contributed by atoms with Crippen molar-refractivity contribution in [3.05, 3.63) is 89.7 Å². The number of carboxylic acid groups (broad SMARTS) is 1. The van der Waals surface area contributed by atoms with Crippen molar-refractivity contribution in [3.63, 3.8) is 0 Å². The summed E-state index contributed by atoms with van der Waals surface area (Å²) in [7, 11) is 0. The van der Waals surface area contributed by atoms with Gasteiger partial charge in [-0.1, -0.05) is 68.5 Å². The standard InChI is InChI=1S/C37H41N3O4/c41-35(42)31-16-15-26(21-32(31)44-30-22-29-17-20-38-34(29)39-23-30)13-11-25-7-6-8-27(14-12-25)24-40-33(28-9-2-1-3-10-28)37(36(40)43)18-4-5-19-37/h1-3,9-10,15-17,20-23,25,27,33H,4-8,11-14,18-19,24H2,(H,38,39)(H,41,42). The van der Waals surface area contributed by atoms with E-state index in [-0.39, 0.29) is 17.0 Å². The number of amides is 1. The van der Waals surface area contributed by atoms with Gasteiger partial charge in [0.05, 0.1) is 17.7 Å². The summed E-state index contributed by atoms with van der Waals surface area (Å²) < 4.78 is 6.06. The zero-order chi connectivity index (χ0) is 30.1. The maximum atomic E-state index is 13.6. The van der Waals surface area contributed by atoms with E-state index < -0.39 is 5.97 Å². The van der Waals surface area contributed by atoms with Crippen LogP contribution in [0.1, 0.15) is 91.7 Å². The Bertz CT molecular complexity index is 1640. The van der Waals surface area contributed by atoms with Crippen LogP contribution in [-0.4, -0.2) is 38.4 Å². The predicted octanol–water partition coefficient (Wildman–Crippen LogP) is 8.33. The molecular formula is C37H41N3O4. The van der Waals surface area contributed by atoms with Gasteiger partial charge in [-0.2, -0.15) is 0 Å². The van der Waals surface area contributed by atoms with Crippen molar-refractivity contribution >= 4 is 22.9 Å². The number of aromatic carboxylic acids is 1. The summed E-state index contributed by atoms with van der Waals surface area (Å²) in [5.41, 5.74) is 3.15. The van der Waals surface area contributed by atoms with E-state index in [0.29, 0.717) is 29.2 Å². The van der Waals surface area contributed by atoms with Crippen molar-refractivity contribution in [2.45, 2.75) is 76.7 Å². The van der Waals surface area contributed by atoms with Crippen LogP contribution in [0.4, 0.5) is 0 Å². The second kappa shape index (κ2) is 12.1. The number of benzene rings is 2. The van der Waals surface area contributed by atoms with Crippen LogP contribution in [-0.2, 0) is 11.2 Å². The molecule has 3 fully saturated rings. The summed E-state index contributed by atoms with van der Waals surface area (Å²) >= 11 is 0. The maximum Gasteiger partial charge on any atom is 0.339 e. The minimum atomic E-state index is -1.01. The molecule has 3 unspecified atom stereocenters.